The molecule has 1 nitrogen and oxygen atoms in total. The molecule has 14 heavy (non-hydrogen) atoms. The average molecular weight is 261 g/mol. The second kappa shape index (κ2) is 6.02. The Morgan fingerprint density at radius 1 is 1.36 bits per heavy atom. The first-order valence-corrected chi connectivity index (χ1v) is 5.61. The van der Waals surface area contributed by atoms with Gasteiger partial charge in [-0.3, -0.25) is 0 Å². The molecular formula is C11H14BrFO. The summed E-state index contributed by atoms with van der Waals surface area (Å²) in [7, 11) is 0. The number of unbranched alkanes of at least 4 members (excludes halogenated alkanes) is 2. The molecule has 0 atom stereocenters. The third kappa shape index (κ3) is 3.66. The Kier molecular flexibility index (Phi) is 4.94. The van der Waals surface area contributed by atoms with Gasteiger partial charge in [0.05, 0.1) is 6.61 Å². The summed E-state index contributed by atoms with van der Waals surface area (Å²) in [4.78, 5) is 0. The second-order valence-electron chi connectivity index (χ2n) is 3.13. The molecule has 1 aromatic carbocycles. The van der Waals surface area contributed by atoms with Crippen LogP contribution in [0.5, 0.6) is 5.75 Å². The minimum absolute atomic E-state index is 0.309. The Hall–Kier alpha value is -0.570. The van der Waals surface area contributed by atoms with Crippen LogP contribution in [0.1, 0.15) is 26.2 Å². The largest absolute Gasteiger partial charge is 0.491 e. The van der Waals surface area contributed by atoms with Crippen molar-refractivity contribution in [2.24, 2.45) is 0 Å². The van der Waals surface area contributed by atoms with Gasteiger partial charge in [-0.25, -0.2) is 4.39 Å². The van der Waals surface area contributed by atoms with Crippen molar-refractivity contribution in [1.29, 1.82) is 0 Å². The van der Waals surface area contributed by atoms with Crippen LogP contribution in [0.25, 0.3) is 0 Å². The number of rotatable bonds is 5. The highest BCUT2D eigenvalue weighted by Gasteiger charge is 2.02. The number of hydrogen-bond acceptors (Lipinski definition) is 1. The zero-order chi connectivity index (χ0) is 10.4. The van der Waals surface area contributed by atoms with Crippen LogP contribution in [0.15, 0.2) is 22.7 Å². The molecule has 0 radical (unpaired) electrons. The lowest BCUT2D eigenvalue weighted by molar-refractivity contribution is 0.291. The van der Waals surface area contributed by atoms with E-state index in [4.69, 9.17) is 4.74 Å². The molecule has 0 saturated carbocycles. The van der Waals surface area contributed by atoms with Gasteiger partial charge in [0, 0.05) is 4.47 Å². The highest BCUT2D eigenvalue weighted by Crippen LogP contribution is 2.21. The quantitative estimate of drug-likeness (QED) is 0.723. The molecule has 0 unspecified atom stereocenters. The van der Waals surface area contributed by atoms with Gasteiger partial charge < -0.3 is 4.74 Å². The van der Waals surface area contributed by atoms with Crippen molar-refractivity contribution in [1.82, 2.24) is 0 Å². The van der Waals surface area contributed by atoms with Crippen LogP contribution in [-0.4, -0.2) is 6.61 Å². The lowest BCUT2D eigenvalue weighted by Crippen LogP contribution is -1.98. The Morgan fingerprint density at radius 3 is 2.79 bits per heavy atom. The van der Waals surface area contributed by atoms with E-state index >= 15 is 0 Å². The molecule has 0 saturated heterocycles. The van der Waals surface area contributed by atoms with Gasteiger partial charge in [0.15, 0.2) is 11.6 Å². The van der Waals surface area contributed by atoms with Crippen LogP contribution in [0, 0.1) is 5.82 Å². The molecule has 0 aliphatic carbocycles. The lowest BCUT2D eigenvalue weighted by Gasteiger charge is -2.06. The van der Waals surface area contributed by atoms with Crippen molar-refractivity contribution in [3.8, 4) is 5.75 Å². The third-order valence-corrected chi connectivity index (χ3v) is 2.39. The molecule has 0 heterocycles. The Labute approximate surface area is 92.4 Å². The monoisotopic (exact) mass is 260 g/mol. The molecule has 78 valence electrons. The van der Waals surface area contributed by atoms with Crippen LogP contribution < -0.4 is 4.74 Å². The first-order chi connectivity index (χ1) is 6.74. The minimum atomic E-state index is -0.309. The van der Waals surface area contributed by atoms with Crippen molar-refractivity contribution < 1.29 is 9.13 Å². The van der Waals surface area contributed by atoms with Gasteiger partial charge >= 0.3 is 0 Å². The molecule has 0 fully saturated rings. The summed E-state index contributed by atoms with van der Waals surface area (Å²) in [6.07, 6.45) is 3.25. The van der Waals surface area contributed by atoms with E-state index in [1.807, 2.05) is 0 Å². The average Bonchev–Trinajstić information content (AvgIpc) is 2.15. The maximum absolute atomic E-state index is 13.2. The number of hydrogen-bond donors (Lipinski definition) is 0. The van der Waals surface area contributed by atoms with E-state index in [-0.39, 0.29) is 5.82 Å². The molecule has 0 amide bonds. The number of ether oxygens (including phenoxy) is 1. The summed E-state index contributed by atoms with van der Waals surface area (Å²) in [5.74, 6) is 0.0279. The molecule has 0 aliphatic heterocycles. The maximum Gasteiger partial charge on any atom is 0.166 e. The molecule has 3 heteroatoms. The summed E-state index contributed by atoms with van der Waals surface area (Å²) >= 11 is 3.19. The Balaban J connectivity index is 2.42. The number of benzene rings is 1. The van der Waals surface area contributed by atoms with Gasteiger partial charge in [-0.15, -0.1) is 0 Å². The van der Waals surface area contributed by atoms with Gasteiger partial charge in [-0.1, -0.05) is 35.7 Å². The first-order valence-electron chi connectivity index (χ1n) is 4.82. The molecule has 1 rings (SSSR count). The van der Waals surface area contributed by atoms with Gasteiger partial charge in [0.25, 0.3) is 0 Å². The van der Waals surface area contributed by atoms with E-state index in [1.165, 1.54) is 6.07 Å². The Morgan fingerprint density at radius 2 is 2.14 bits per heavy atom. The van der Waals surface area contributed by atoms with Crippen LogP contribution in [0.4, 0.5) is 4.39 Å². The van der Waals surface area contributed by atoms with Gasteiger partial charge in [-0.2, -0.15) is 0 Å². The van der Waals surface area contributed by atoms with Crippen molar-refractivity contribution in [3.05, 3.63) is 28.5 Å². The molecule has 0 aliphatic rings. The maximum atomic E-state index is 13.2. The molecule has 0 bridgehead atoms. The molecule has 0 N–H and O–H groups in total. The lowest BCUT2D eigenvalue weighted by atomic mass is 10.3. The first kappa shape index (κ1) is 11.5. The highest BCUT2D eigenvalue weighted by molar-refractivity contribution is 9.10. The second-order valence-corrected chi connectivity index (χ2v) is 4.05. The highest BCUT2D eigenvalue weighted by atomic mass is 79.9. The van der Waals surface area contributed by atoms with Gasteiger partial charge in [-0.05, 0) is 24.6 Å². The fraction of sp³-hybridized carbons (Fsp3) is 0.455. The predicted octanol–water partition coefficient (Wildman–Crippen LogP) is 4.16. The van der Waals surface area contributed by atoms with Crippen LogP contribution in [-0.2, 0) is 0 Å². The van der Waals surface area contributed by atoms with Gasteiger partial charge in [0.1, 0.15) is 0 Å². The summed E-state index contributed by atoms with van der Waals surface area (Å²) in [6.45, 7) is 2.71. The van der Waals surface area contributed by atoms with E-state index in [9.17, 15) is 4.39 Å². The van der Waals surface area contributed by atoms with E-state index < -0.39 is 0 Å². The zero-order valence-electron chi connectivity index (χ0n) is 8.22. The van der Waals surface area contributed by atoms with E-state index in [2.05, 4.69) is 22.9 Å². The van der Waals surface area contributed by atoms with Crippen molar-refractivity contribution in [2.45, 2.75) is 26.2 Å². The normalized spacial score (nSPS) is 10.2. The summed E-state index contributed by atoms with van der Waals surface area (Å²) in [5, 5.41) is 0. The fourth-order valence-corrected chi connectivity index (χ4v) is 1.46. The van der Waals surface area contributed by atoms with E-state index in [0.717, 1.165) is 23.7 Å². The van der Waals surface area contributed by atoms with Crippen molar-refractivity contribution in [2.75, 3.05) is 6.61 Å². The SMILES string of the molecule is CCCCCOc1ccc(Br)cc1F. The van der Waals surface area contributed by atoms with E-state index in [0.29, 0.717) is 12.4 Å². The van der Waals surface area contributed by atoms with Crippen LogP contribution in [0.2, 0.25) is 0 Å². The summed E-state index contributed by atoms with van der Waals surface area (Å²) in [6, 6.07) is 4.83. The number of halogens is 2. The van der Waals surface area contributed by atoms with Crippen LogP contribution >= 0.6 is 15.9 Å². The van der Waals surface area contributed by atoms with Crippen molar-refractivity contribution in [3.63, 3.8) is 0 Å². The topological polar surface area (TPSA) is 9.23 Å². The summed E-state index contributed by atoms with van der Waals surface area (Å²) in [5.41, 5.74) is 0. The minimum Gasteiger partial charge on any atom is -0.491 e. The molecular weight excluding hydrogens is 247 g/mol. The standard InChI is InChI=1S/C11H14BrFO/c1-2-3-4-7-14-11-6-5-9(12)8-10(11)13/h5-6,8H,2-4,7H2,1H3. The molecule has 1 aromatic rings. The zero-order valence-corrected chi connectivity index (χ0v) is 9.81. The van der Waals surface area contributed by atoms with Gasteiger partial charge in [0.2, 0.25) is 0 Å². The Bertz CT molecular complexity index is 289. The smallest absolute Gasteiger partial charge is 0.166 e. The fourth-order valence-electron chi connectivity index (χ4n) is 1.13. The van der Waals surface area contributed by atoms with Crippen LogP contribution in [0.3, 0.4) is 0 Å². The summed E-state index contributed by atoms with van der Waals surface area (Å²) < 4.78 is 19.2. The third-order valence-electron chi connectivity index (χ3n) is 1.90. The predicted molar refractivity (Wildman–Crippen MR) is 59.1 cm³/mol. The van der Waals surface area contributed by atoms with Crippen molar-refractivity contribution >= 4 is 15.9 Å². The molecule has 0 spiro atoms. The van der Waals surface area contributed by atoms with E-state index in [1.54, 1.807) is 12.1 Å². The molecule has 0 aromatic heterocycles.